The van der Waals surface area contributed by atoms with Crippen LogP contribution in [0, 0.1) is 34.5 Å². The molecule has 2 aliphatic carbocycles. The molecule has 0 aromatic heterocycles. The Labute approximate surface area is 192 Å². The van der Waals surface area contributed by atoms with E-state index in [1.165, 1.54) is 0 Å². The number of Topliss-reactive ketones (excluding diaryl/α,β-unsaturated/α-hetero) is 1. The van der Waals surface area contributed by atoms with Gasteiger partial charge in [-0.15, -0.1) is 0 Å². The van der Waals surface area contributed by atoms with Crippen LogP contribution in [0.4, 0.5) is 0 Å². The van der Waals surface area contributed by atoms with Crippen LogP contribution >= 0.6 is 0 Å². The van der Waals surface area contributed by atoms with Gasteiger partial charge in [-0.25, -0.2) is 0 Å². The zero-order valence-corrected chi connectivity index (χ0v) is 20.7. The number of fused-ring (bicyclic) bond motifs is 1. The summed E-state index contributed by atoms with van der Waals surface area (Å²) in [6.07, 6.45) is 3.86. The van der Waals surface area contributed by atoms with Crippen molar-refractivity contribution in [3.05, 3.63) is 0 Å². The molecule has 1 N–H and O–H groups in total. The number of rotatable bonds is 6. The molecule has 0 aromatic rings. The Bertz CT molecular complexity index is 726. The number of aliphatic hydroxyl groups is 1. The second-order valence-electron chi connectivity index (χ2n) is 11.8. The standard InChI is InChI=1S/C26H42O6/c1-7-25(3,4)24(30)32-20-14-26(5,6)23(29)19-10-8-15(2)18(22(19)20)11-9-17-12-16(27)13-21(28)31-17/h15-20,22,27H,7-14H2,1-6H3/t15-,16+,17+,18-,19+,20-,22+/m0/s1. The SMILES string of the molecule is CCC(C)(C)C(=O)O[C@H]1CC(C)(C)C(=O)[C@@H]2CC[C@H](C)[C@H](CC[C@@H]3C[C@@H](O)CC(=O)O3)[C@@H]12. The van der Waals surface area contributed by atoms with Crippen molar-refractivity contribution in [1.29, 1.82) is 0 Å². The summed E-state index contributed by atoms with van der Waals surface area (Å²) in [6.45, 7) is 12.0. The zero-order chi connectivity index (χ0) is 23.8. The van der Waals surface area contributed by atoms with Crippen LogP contribution in [0.15, 0.2) is 0 Å². The molecule has 3 fully saturated rings. The van der Waals surface area contributed by atoms with E-state index in [0.29, 0.717) is 37.4 Å². The molecule has 182 valence electrons. The van der Waals surface area contributed by atoms with Crippen molar-refractivity contribution in [1.82, 2.24) is 0 Å². The van der Waals surface area contributed by atoms with Crippen LogP contribution < -0.4 is 0 Å². The van der Waals surface area contributed by atoms with Crippen molar-refractivity contribution >= 4 is 17.7 Å². The predicted molar refractivity (Wildman–Crippen MR) is 121 cm³/mol. The van der Waals surface area contributed by atoms with Crippen LogP contribution in [0.3, 0.4) is 0 Å². The Morgan fingerprint density at radius 2 is 1.91 bits per heavy atom. The van der Waals surface area contributed by atoms with Gasteiger partial charge in [-0.1, -0.05) is 27.7 Å². The minimum atomic E-state index is -0.639. The minimum Gasteiger partial charge on any atom is -0.462 e. The molecule has 1 heterocycles. The van der Waals surface area contributed by atoms with Crippen LogP contribution in [0.25, 0.3) is 0 Å². The number of hydrogen-bond donors (Lipinski definition) is 1. The first kappa shape index (κ1) is 25.2. The van der Waals surface area contributed by atoms with Gasteiger partial charge in [-0.3, -0.25) is 14.4 Å². The maximum Gasteiger partial charge on any atom is 0.311 e. The second kappa shape index (κ2) is 9.44. The van der Waals surface area contributed by atoms with Crippen molar-refractivity contribution in [2.45, 2.75) is 111 Å². The Kier molecular flexibility index (Phi) is 7.43. The number of carbonyl (C=O) groups is 3. The summed E-state index contributed by atoms with van der Waals surface area (Å²) in [6, 6.07) is 0. The molecule has 32 heavy (non-hydrogen) atoms. The van der Waals surface area contributed by atoms with Gasteiger partial charge in [0.1, 0.15) is 18.0 Å². The first-order valence-corrected chi connectivity index (χ1v) is 12.5. The summed E-state index contributed by atoms with van der Waals surface area (Å²) in [5.41, 5.74) is -1.06. The Balaban J connectivity index is 1.81. The fourth-order valence-corrected chi connectivity index (χ4v) is 6.06. The lowest BCUT2D eigenvalue weighted by Crippen LogP contribution is -2.55. The highest BCUT2D eigenvalue weighted by Gasteiger charge is 2.54. The molecule has 0 radical (unpaired) electrons. The van der Waals surface area contributed by atoms with E-state index in [1.54, 1.807) is 0 Å². The molecule has 0 aromatic carbocycles. The minimum absolute atomic E-state index is 0.0000895. The van der Waals surface area contributed by atoms with Gasteiger partial charge in [-0.05, 0) is 64.2 Å². The maximum atomic E-state index is 13.4. The Morgan fingerprint density at radius 3 is 2.53 bits per heavy atom. The van der Waals surface area contributed by atoms with E-state index in [4.69, 9.17) is 9.47 Å². The third-order valence-electron chi connectivity index (χ3n) is 8.52. The number of ketones is 1. The molecule has 0 spiro atoms. The lowest BCUT2D eigenvalue weighted by atomic mass is 9.54. The van der Waals surface area contributed by atoms with Crippen molar-refractivity contribution in [3.8, 4) is 0 Å². The molecule has 0 bridgehead atoms. The summed E-state index contributed by atoms with van der Waals surface area (Å²) < 4.78 is 11.7. The maximum absolute atomic E-state index is 13.4. The molecule has 7 atom stereocenters. The quantitative estimate of drug-likeness (QED) is 0.601. The lowest BCUT2D eigenvalue weighted by molar-refractivity contribution is -0.181. The highest BCUT2D eigenvalue weighted by molar-refractivity contribution is 5.88. The van der Waals surface area contributed by atoms with E-state index in [2.05, 4.69) is 6.92 Å². The van der Waals surface area contributed by atoms with Gasteiger partial charge in [0.15, 0.2) is 0 Å². The average Bonchev–Trinajstić information content (AvgIpc) is 2.69. The van der Waals surface area contributed by atoms with E-state index in [0.717, 1.165) is 19.3 Å². The van der Waals surface area contributed by atoms with Crippen molar-refractivity contribution < 1.29 is 29.0 Å². The van der Waals surface area contributed by atoms with E-state index in [1.807, 2.05) is 34.6 Å². The molecule has 6 heteroatoms. The van der Waals surface area contributed by atoms with Crippen LogP contribution in [0.1, 0.15) is 92.9 Å². The molecular weight excluding hydrogens is 408 g/mol. The summed E-state index contributed by atoms with van der Waals surface area (Å²) in [7, 11) is 0. The van der Waals surface area contributed by atoms with Gasteiger partial charge in [0.2, 0.25) is 0 Å². The first-order valence-electron chi connectivity index (χ1n) is 12.5. The lowest BCUT2D eigenvalue weighted by Gasteiger charge is -2.52. The van der Waals surface area contributed by atoms with E-state index >= 15 is 0 Å². The summed E-state index contributed by atoms with van der Waals surface area (Å²) in [5.74, 6) is 0.286. The highest BCUT2D eigenvalue weighted by Crippen LogP contribution is 2.52. The number of aliphatic hydroxyl groups excluding tert-OH is 1. The van der Waals surface area contributed by atoms with Gasteiger partial charge < -0.3 is 14.6 Å². The number of ether oxygens (including phenoxy) is 2. The topological polar surface area (TPSA) is 89.9 Å². The van der Waals surface area contributed by atoms with Gasteiger partial charge in [0.05, 0.1) is 17.9 Å². The molecule has 6 nitrogen and oxygen atoms in total. The monoisotopic (exact) mass is 450 g/mol. The highest BCUT2D eigenvalue weighted by atomic mass is 16.6. The van der Waals surface area contributed by atoms with Crippen molar-refractivity contribution in [2.24, 2.45) is 34.5 Å². The molecule has 3 aliphatic rings. The van der Waals surface area contributed by atoms with Crippen LogP contribution in [0.2, 0.25) is 0 Å². The molecular formula is C26H42O6. The van der Waals surface area contributed by atoms with Crippen molar-refractivity contribution in [3.63, 3.8) is 0 Å². The first-order chi connectivity index (χ1) is 14.9. The fourth-order valence-electron chi connectivity index (χ4n) is 6.06. The molecule has 1 saturated heterocycles. The fraction of sp³-hybridized carbons (Fsp3) is 0.885. The predicted octanol–water partition coefficient (Wildman–Crippen LogP) is 4.46. The van der Waals surface area contributed by atoms with Gasteiger partial charge >= 0.3 is 11.9 Å². The molecule has 2 saturated carbocycles. The second-order valence-corrected chi connectivity index (χ2v) is 11.8. The molecule has 0 unspecified atom stereocenters. The van der Waals surface area contributed by atoms with E-state index in [-0.39, 0.29) is 48.3 Å². The zero-order valence-electron chi connectivity index (χ0n) is 20.7. The number of hydrogen-bond acceptors (Lipinski definition) is 6. The van der Waals surface area contributed by atoms with Crippen LogP contribution in [-0.2, 0) is 23.9 Å². The largest absolute Gasteiger partial charge is 0.462 e. The summed E-state index contributed by atoms with van der Waals surface area (Å²) in [4.78, 5) is 38.1. The Morgan fingerprint density at radius 1 is 1.22 bits per heavy atom. The summed E-state index contributed by atoms with van der Waals surface area (Å²) in [5, 5.41) is 9.96. The van der Waals surface area contributed by atoms with Crippen LogP contribution in [0.5, 0.6) is 0 Å². The number of esters is 2. The third kappa shape index (κ3) is 5.21. The smallest absolute Gasteiger partial charge is 0.311 e. The van der Waals surface area contributed by atoms with E-state index < -0.39 is 16.9 Å². The Hall–Kier alpha value is -1.43. The van der Waals surface area contributed by atoms with Crippen molar-refractivity contribution in [2.75, 3.05) is 0 Å². The van der Waals surface area contributed by atoms with E-state index in [9.17, 15) is 19.5 Å². The molecule has 0 amide bonds. The molecule has 1 aliphatic heterocycles. The number of cyclic esters (lactones) is 1. The number of carbonyl (C=O) groups excluding carboxylic acids is 3. The third-order valence-corrected chi connectivity index (χ3v) is 8.52. The van der Waals surface area contributed by atoms with Gasteiger partial charge in [-0.2, -0.15) is 0 Å². The van der Waals surface area contributed by atoms with Gasteiger partial charge in [0, 0.05) is 23.7 Å². The molecule has 3 rings (SSSR count). The van der Waals surface area contributed by atoms with Gasteiger partial charge in [0.25, 0.3) is 0 Å². The summed E-state index contributed by atoms with van der Waals surface area (Å²) >= 11 is 0. The average molecular weight is 451 g/mol. The van der Waals surface area contributed by atoms with Crippen LogP contribution in [-0.4, -0.2) is 41.1 Å². The normalized spacial score (nSPS) is 37.4.